The standard InChI is InChI=1S/C14H17ClN4/c1-9-8-17-14(16)18-13(9)19(3)10(2)11-6-4-5-7-12(11)15/h4-8,10H,1-3H3,(H2,16,17,18). The molecule has 0 bridgehead atoms. The van der Waals surface area contributed by atoms with Crippen LogP contribution in [0.15, 0.2) is 30.5 Å². The molecule has 100 valence electrons. The molecule has 0 fully saturated rings. The van der Waals surface area contributed by atoms with Crippen molar-refractivity contribution in [2.45, 2.75) is 19.9 Å². The Balaban J connectivity index is 2.36. The summed E-state index contributed by atoms with van der Waals surface area (Å²) in [7, 11) is 1.97. The van der Waals surface area contributed by atoms with Gasteiger partial charge in [-0.15, -0.1) is 0 Å². The molecule has 2 aromatic rings. The second kappa shape index (κ2) is 5.45. The van der Waals surface area contributed by atoms with E-state index in [-0.39, 0.29) is 12.0 Å². The fourth-order valence-corrected chi connectivity index (χ4v) is 2.30. The van der Waals surface area contributed by atoms with Gasteiger partial charge in [0.25, 0.3) is 0 Å². The summed E-state index contributed by atoms with van der Waals surface area (Å²) in [6, 6.07) is 7.91. The Hall–Kier alpha value is -1.81. The largest absolute Gasteiger partial charge is 0.368 e. The number of aryl methyl sites for hydroxylation is 1. The lowest BCUT2D eigenvalue weighted by atomic mass is 10.1. The maximum atomic E-state index is 6.24. The Morgan fingerprint density at radius 3 is 2.68 bits per heavy atom. The highest BCUT2D eigenvalue weighted by molar-refractivity contribution is 6.31. The maximum Gasteiger partial charge on any atom is 0.221 e. The first-order valence-electron chi connectivity index (χ1n) is 6.07. The summed E-state index contributed by atoms with van der Waals surface area (Å²) >= 11 is 6.24. The average Bonchev–Trinajstić information content (AvgIpc) is 2.40. The Bertz CT molecular complexity index is 585. The maximum absolute atomic E-state index is 6.24. The van der Waals surface area contributed by atoms with Crippen molar-refractivity contribution < 1.29 is 0 Å². The van der Waals surface area contributed by atoms with Crippen LogP contribution in [0.1, 0.15) is 24.1 Å². The summed E-state index contributed by atoms with van der Waals surface area (Å²) in [5.74, 6) is 1.10. The molecule has 1 atom stereocenters. The monoisotopic (exact) mass is 276 g/mol. The van der Waals surface area contributed by atoms with Crippen LogP contribution in [0.3, 0.4) is 0 Å². The summed E-state index contributed by atoms with van der Waals surface area (Å²) in [6.45, 7) is 4.05. The van der Waals surface area contributed by atoms with Crippen LogP contribution in [0.25, 0.3) is 0 Å². The number of hydrogen-bond acceptors (Lipinski definition) is 4. The van der Waals surface area contributed by atoms with E-state index in [2.05, 4.69) is 21.8 Å². The van der Waals surface area contributed by atoms with Crippen molar-refractivity contribution >= 4 is 23.4 Å². The van der Waals surface area contributed by atoms with Crippen LogP contribution in [-0.2, 0) is 0 Å². The fraction of sp³-hybridized carbons (Fsp3) is 0.286. The first-order chi connectivity index (χ1) is 9.00. The molecule has 0 radical (unpaired) electrons. The van der Waals surface area contributed by atoms with E-state index in [1.165, 1.54) is 0 Å². The molecule has 19 heavy (non-hydrogen) atoms. The smallest absolute Gasteiger partial charge is 0.221 e. The summed E-state index contributed by atoms with van der Waals surface area (Å²) < 4.78 is 0. The average molecular weight is 277 g/mol. The minimum Gasteiger partial charge on any atom is -0.368 e. The predicted octanol–water partition coefficient (Wildman–Crippen LogP) is 3.22. The van der Waals surface area contributed by atoms with Crippen molar-refractivity contribution in [1.82, 2.24) is 9.97 Å². The second-order valence-corrected chi connectivity index (χ2v) is 4.95. The predicted molar refractivity (Wildman–Crippen MR) is 79.5 cm³/mol. The van der Waals surface area contributed by atoms with Crippen molar-refractivity contribution in [2.24, 2.45) is 0 Å². The van der Waals surface area contributed by atoms with Crippen molar-refractivity contribution in [1.29, 1.82) is 0 Å². The molecule has 0 aliphatic rings. The van der Waals surface area contributed by atoms with E-state index in [4.69, 9.17) is 17.3 Å². The molecular formula is C14H17ClN4. The number of nitrogens with zero attached hydrogens (tertiary/aromatic N) is 3. The van der Waals surface area contributed by atoms with Gasteiger partial charge in [0.15, 0.2) is 0 Å². The molecular weight excluding hydrogens is 260 g/mol. The molecule has 5 heteroatoms. The Morgan fingerprint density at radius 1 is 1.32 bits per heavy atom. The Kier molecular flexibility index (Phi) is 3.90. The van der Waals surface area contributed by atoms with Gasteiger partial charge >= 0.3 is 0 Å². The Labute approximate surface area is 118 Å². The summed E-state index contributed by atoms with van der Waals surface area (Å²) in [4.78, 5) is 10.3. The fourth-order valence-electron chi connectivity index (χ4n) is 2.01. The number of nitrogen functional groups attached to an aromatic ring is 1. The van der Waals surface area contributed by atoms with Crippen molar-refractivity contribution in [2.75, 3.05) is 17.7 Å². The van der Waals surface area contributed by atoms with E-state index < -0.39 is 0 Å². The second-order valence-electron chi connectivity index (χ2n) is 4.54. The molecule has 0 saturated heterocycles. The molecule has 2 N–H and O–H groups in total. The van der Waals surface area contributed by atoms with Crippen LogP contribution in [0.4, 0.5) is 11.8 Å². The lowest BCUT2D eigenvalue weighted by Gasteiger charge is -2.28. The molecule has 0 aliphatic heterocycles. The number of benzene rings is 1. The molecule has 2 rings (SSSR count). The Morgan fingerprint density at radius 2 is 2.00 bits per heavy atom. The van der Waals surface area contributed by atoms with Gasteiger partial charge in [-0.2, -0.15) is 4.98 Å². The summed E-state index contributed by atoms with van der Waals surface area (Å²) in [6.07, 6.45) is 1.73. The first-order valence-corrected chi connectivity index (χ1v) is 6.45. The molecule has 4 nitrogen and oxygen atoms in total. The molecule has 0 amide bonds. The number of hydrogen-bond donors (Lipinski definition) is 1. The van der Waals surface area contributed by atoms with Gasteiger partial charge in [-0.05, 0) is 25.5 Å². The molecule has 0 spiro atoms. The summed E-state index contributed by atoms with van der Waals surface area (Å²) in [5, 5.41) is 0.751. The molecule has 1 aromatic carbocycles. The van der Waals surface area contributed by atoms with Gasteiger partial charge in [-0.3, -0.25) is 0 Å². The van der Waals surface area contributed by atoms with E-state index in [0.29, 0.717) is 0 Å². The van der Waals surface area contributed by atoms with Crippen LogP contribution < -0.4 is 10.6 Å². The third-order valence-electron chi connectivity index (χ3n) is 3.23. The van der Waals surface area contributed by atoms with Gasteiger partial charge in [0, 0.05) is 23.8 Å². The van der Waals surface area contributed by atoms with Gasteiger partial charge < -0.3 is 10.6 Å². The molecule has 0 saturated carbocycles. The lowest BCUT2D eigenvalue weighted by Crippen LogP contribution is -2.24. The van der Waals surface area contributed by atoms with Crippen LogP contribution in [0.5, 0.6) is 0 Å². The number of halogens is 1. The van der Waals surface area contributed by atoms with Crippen LogP contribution in [0, 0.1) is 6.92 Å². The normalized spacial score (nSPS) is 12.2. The number of anilines is 2. The van der Waals surface area contributed by atoms with Gasteiger partial charge in [0.05, 0.1) is 6.04 Å². The van der Waals surface area contributed by atoms with Gasteiger partial charge in [-0.1, -0.05) is 29.8 Å². The number of rotatable bonds is 3. The third kappa shape index (κ3) is 2.79. The zero-order valence-corrected chi connectivity index (χ0v) is 12.0. The molecule has 1 aromatic heterocycles. The third-order valence-corrected chi connectivity index (χ3v) is 3.58. The van der Waals surface area contributed by atoms with E-state index in [1.54, 1.807) is 6.20 Å². The highest BCUT2D eigenvalue weighted by Gasteiger charge is 2.17. The van der Waals surface area contributed by atoms with Gasteiger partial charge in [0.2, 0.25) is 5.95 Å². The minimum absolute atomic E-state index is 0.0988. The molecule has 1 unspecified atom stereocenters. The van der Waals surface area contributed by atoms with E-state index in [1.807, 2.05) is 38.2 Å². The summed E-state index contributed by atoms with van der Waals surface area (Å²) in [5.41, 5.74) is 7.70. The van der Waals surface area contributed by atoms with Gasteiger partial charge in [0.1, 0.15) is 5.82 Å². The minimum atomic E-state index is 0.0988. The lowest BCUT2D eigenvalue weighted by molar-refractivity contribution is 0.725. The van der Waals surface area contributed by atoms with Crippen molar-refractivity contribution in [3.63, 3.8) is 0 Å². The zero-order chi connectivity index (χ0) is 14.0. The number of nitrogens with two attached hydrogens (primary N) is 1. The van der Waals surface area contributed by atoms with Gasteiger partial charge in [-0.25, -0.2) is 4.98 Å². The SMILES string of the molecule is Cc1cnc(N)nc1N(C)C(C)c1ccccc1Cl. The highest BCUT2D eigenvalue weighted by atomic mass is 35.5. The van der Waals surface area contributed by atoms with Crippen molar-refractivity contribution in [3.05, 3.63) is 46.6 Å². The van der Waals surface area contributed by atoms with Crippen LogP contribution in [-0.4, -0.2) is 17.0 Å². The van der Waals surface area contributed by atoms with E-state index in [9.17, 15) is 0 Å². The molecule has 0 aliphatic carbocycles. The quantitative estimate of drug-likeness (QED) is 0.935. The van der Waals surface area contributed by atoms with E-state index in [0.717, 1.165) is 22.0 Å². The van der Waals surface area contributed by atoms with E-state index >= 15 is 0 Å². The number of aromatic nitrogens is 2. The van der Waals surface area contributed by atoms with Crippen LogP contribution in [0.2, 0.25) is 5.02 Å². The first kappa shape index (κ1) is 13.6. The van der Waals surface area contributed by atoms with Crippen molar-refractivity contribution in [3.8, 4) is 0 Å². The van der Waals surface area contributed by atoms with Crippen LogP contribution >= 0.6 is 11.6 Å². The topological polar surface area (TPSA) is 55.0 Å². The zero-order valence-electron chi connectivity index (χ0n) is 11.3. The molecule has 1 heterocycles. The highest BCUT2D eigenvalue weighted by Crippen LogP contribution is 2.30.